The molecule has 0 radical (unpaired) electrons. The molecule has 0 aliphatic rings. The van der Waals surface area contributed by atoms with E-state index >= 15 is 0 Å². The van der Waals surface area contributed by atoms with E-state index in [2.05, 4.69) is 5.32 Å². The first kappa shape index (κ1) is 11.3. The molecule has 1 atom stereocenters. The first-order valence-electron chi connectivity index (χ1n) is 3.75. The standard InChI is InChI=1S/C6H16N4O2/c7-4(5(11)12)2-1-3-10-6(8)9/h4,6,10H,1-3,7-9H2,(H,11,12)/p-1. The average Bonchev–Trinajstić information content (AvgIpc) is 1.97. The maximum atomic E-state index is 10.1. The third-order valence-corrected chi connectivity index (χ3v) is 1.37. The minimum absolute atomic E-state index is 0.363. The van der Waals surface area contributed by atoms with Crippen LogP contribution in [0.15, 0.2) is 0 Å². The molecule has 0 fully saturated rings. The molecule has 72 valence electrons. The molecule has 0 bridgehead atoms. The fraction of sp³-hybridized carbons (Fsp3) is 0.833. The van der Waals surface area contributed by atoms with E-state index in [4.69, 9.17) is 17.2 Å². The molecule has 0 spiro atoms. The Hall–Kier alpha value is -0.690. The summed E-state index contributed by atoms with van der Waals surface area (Å²) >= 11 is 0. The third-order valence-electron chi connectivity index (χ3n) is 1.37. The number of hydrogen-bond acceptors (Lipinski definition) is 6. The first-order chi connectivity index (χ1) is 5.54. The Morgan fingerprint density at radius 2 is 2.00 bits per heavy atom. The van der Waals surface area contributed by atoms with Crippen LogP contribution < -0.4 is 27.6 Å². The number of rotatable bonds is 6. The Bertz CT molecular complexity index is 140. The van der Waals surface area contributed by atoms with Gasteiger partial charge in [0.15, 0.2) is 0 Å². The van der Waals surface area contributed by atoms with Gasteiger partial charge in [0.1, 0.15) is 6.29 Å². The van der Waals surface area contributed by atoms with Gasteiger partial charge in [0.25, 0.3) is 0 Å². The van der Waals surface area contributed by atoms with Crippen molar-refractivity contribution in [3.63, 3.8) is 0 Å². The summed E-state index contributed by atoms with van der Waals surface area (Å²) < 4.78 is 0. The maximum absolute atomic E-state index is 10.1. The van der Waals surface area contributed by atoms with Crippen LogP contribution in [0.1, 0.15) is 12.8 Å². The quantitative estimate of drug-likeness (QED) is 0.246. The van der Waals surface area contributed by atoms with Gasteiger partial charge in [-0.3, -0.25) is 5.32 Å². The number of nitrogens with two attached hydrogens (primary N) is 3. The van der Waals surface area contributed by atoms with Crippen molar-refractivity contribution in [1.29, 1.82) is 0 Å². The molecule has 0 saturated carbocycles. The van der Waals surface area contributed by atoms with Gasteiger partial charge in [-0.25, -0.2) is 0 Å². The first-order valence-corrected chi connectivity index (χ1v) is 3.75. The van der Waals surface area contributed by atoms with Gasteiger partial charge in [0.2, 0.25) is 0 Å². The lowest BCUT2D eigenvalue weighted by molar-refractivity contribution is -0.307. The Morgan fingerprint density at radius 1 is 1.42 bits per heavy atom. The molecule has 0 aromatic heterocycles. The van der Waals surface area contributed by atoms with E-state index in [0.717, 1.165) is 0 Å². The molecule has 0 aromatic rings. The minimum Gasteiger partial charge on any atom is -0.548 e. The van der Waals surface area contributed by atoms with Gasteiger partial charge < -0.3 is 27.1 Å². The van der Waals surface area contributed by atoms with Crippen LogP contribution in [0.4, 0.5) is 0 Å². The Kier molecular flexibility index (Phi) is 5.56. The molecule has 0 saturated heterocycles. The molecule has 0 aliphatic carbocycles. The van der Waals surface area contributed by atoms with Crippen LogP contribution in [0, 0.1) is 0 Å². The number of aliphatic carboxylic acids is 1. The third kappa shape index (κ3) is 6.05. The average molecular weight is 175 g/mol. The second-order valence-electron chi connectivity index (χ2n) is 2.55. The highest BCUT2D eigenvalue weighted by atomic mass is 16.4. The normalized spacial score (nSPS) is 13.3. The number of carbonyl (C=O) groups excluding carboxylic acids is 1. The van der Waals surface area contributed by atoms with Gasteiger partial charge in [0, 0.05) is 6.04 Å². The highest BCUT2D eigenvalue weighted by Gasteiger charge is 2.02. The van der Waals surface area contributed by atoms with Crippen molar-refractivity contribution in [2.75, 3.05) is 6.54 Å². The molecule has 6 nitrogen and oxygen atoms in total. The molecule has 6 heteroatoms. The fourth-order valence-electron chi connectivity index (χ4n) is 0.709. The Balaban J connectivity index is 3.25. The number of nitrogens with one attached hydrogen (secondary N) is 1. The van der Waals surface area contributed by atoms with E-state index in [1.807, 2.05) is 0 Å². The number of carboxylic acids is 1. The van der Waals surface area contributed by atoms with Crippen LogP contribution >= 0.6 is 0 Å². The van der Waals surface area contributed by atoms with Crippen molar-refractivity contribution >= 4 is 5.97 Å². The summed E-state index contributed by atoms with van der Waals surface area (Å²) in [6.45, 7) is 0.554. The molecule has 0 rings (SSSR count). The summed E-state index contributed by atoms with van der Waals surface area (Å²) in [5.41, 5.74) is 15.5. The Morgan fingerprint density at radius 3 is 2.42 bits per heavy atom. The van der Waals surface area contributed by atoms with Crippen LogP contribution in [0.2, 0.25) is 0 Å². The Labute approximate surface area is 71.1 Å². The van der Waals surface area contributed by atoms with E-state index in [-0.39, 0.29) is 0 Å². The second-order valence-corrected chi connectivity index (χ2v) is 2.55. The van der Waals surface area contributed by atoms with Gasteiger partial charge in [-0.2, -0.15) is 0 Å². The second kappa shape index (κ2) is 5.90. The van der Waals surface area contributed by atoms with Crippen molar-refractivity contribution in [3.05, 3.63) is 0 Å². The van der Waals surface area contributed by atoms with Gasteiger partial charge in [0.05, 0.1) is 5.97 Å². The van der Waals surface area contributed by atoms with Gasteiger partial charge in [-0.1, -0.05) is 0 Å². The summed E-state index contributed by atoms with van der Waals surface area (Å²) in [7, 11) is 0. The van der Waals surface area contributed by atoms with E-state index in [9.17, 15) is 9.90 Å². The largest absolute Gasteiger partial charge is 0.548 e. The van der Waals surface area contributed by atoms with Crippen LogP contribution in [0.25, 0.3) is 0 Å². The number of carbonyl (C=O) groups is 1. The lowest BCUT2D eigenvalue weighted by Crippen LogP contribution is -2.46. The van der Waals surface area contributed by atoms with Gasteiger partial charge in [-0.15, -0.1) is 0 Å². The monoisotopic (exact) mass is 175 g/mol. The van der Waals surface area contributed by atoms with E-state index in [1.54, 1.807) is 0 Å². The SMILES string of the molecule is NC(N)NCCCC(N)C(=O)[O-]. The number of hydrogen-bond donors (Lipinski definition) is 4. The van der Waals surface area contributed by atoms with Crippen molar-refractivity contribution in [3.8, 4) is 0 Å². The molecule has 0 aromatic carbocycles. The van der Waals surface area contributed by atoms with Gasteiger partial charge in [-0.05, 0) is 19.4 Å². The van der Waals surface area contributed by atoms with Crippen LogP contribution in [0.5, 0.6) is 0 Å². The zero-order chi connectivity index (χ0) is 9.56. The van der Waals surface area contributed by atoms with Gasteiger partial charge >= 0.3 is 0 Å². The predicted octanol–water partition coefficient (Wildman–Crippen LogP) is -3.37. The van der Waals surface area contributed by atoms with E-state index in [1.165, 1.54) is 0 Å². The van der Waals surface area contributed by atoms with Crippen LogP contribution in [0.3, 0.4) is 0 Å². The van der Waals surface area contributed by atoms with Crippen molar-refractivity contribution < 1.29 is 9.90 Å². The maximum Gasteiger partial charge on any atom is 0.106 e. The van der Waals surface area contributed by atoms with Crippen molar-refractivity contribution in [1.82, 2.24) is 5.32 Å². The zero-order valence-electron chi connectivity index (χ0n) is 6.82. The van der Waals surface area contributed by atoms with Crippen molar-refractivity contribution in [2.24, 2.45) is 17.2 Å². The highest BCUT2D eigenvalue weighted by Crippen LogP contribution is 1.91. The van der Waals surface area contributed by atoms with Crippen molar-refractivity contribution in [2.45, 2.75) is 25.2 Å². The lowest BCUT2D eigenvalue weighted by atomic mass is 10.2. The molecule has 0 amide bonds. The molecule has 1 unspecified atom stereocenters. The molecular formula is C6H15N4O2-. The minimum atomic E-state index is -1.23. The molecule has 0 heterocycles. The lowest BCUT2D eigenvalue weighted by Gasteiger charge is -2.13. The van der Waals surface area contributed by atoms with E-state index < -0.39 is 18.3 Å². The fourth-order valence-corrected chi connectivity index (χ4v) is 0.709. The molecular weight excluding hydrogens is 160 g/mol. The van der Waals surface area contributed by atoms with Crippen LogP contribution in [-0.4, -0.2) is 24.8 Å². The topological polar surface area (TPSA) is 130 Å². The number of carboxylic acid groups (broad SMARTS) is 1. The summed E-state index contributed by atoms with van der Waals surface area (Å²) in [4.78, 5) is 10.1. The molecule has 7 N–H and O–H groups in total. The van der Waals surface area contributed by atoms with E-state index in [0.29, 0.717) is 19.4 Å². The smallest absolute Gasteiger partial charge is 0.106 e. The molecule has 0 aliphatic heterocycles. The summed E-state index contributed by atoms with van der Waals surface area (Å²) in [6.07, 6.45) is 0.409. The summed E-state index contributed by atoms with van der Waals surface area (Å²) in [5.74, 6) is -1.23. The molecule has 12 heavy (non-hydrogen) atoms. The zero-order valence-corrected chi connectivity index (χ0v) is 6.82. The summed E-state index contributed by atoms with van der Waals surface area (Å²) in [5, 5.41) is 12.8. The highest BCUT2D eigenvalue weighted by molar-refractivity contribution is 5.70. The summed E-state index contributed by atoms with van der Waals surface area (Å²) in [6, 6.07) is -0.902. The van der Waals surface area contributed by atoms with Crippen LogP contribution in [-0.2, 0) is 4.79 Å². The predicted molar refractivity (Wildman–Crippen MR) is 42.4 cm³/mol.